The van der Waals surface area contributed by atoms with Crippen molar-refractivity contribution in [2.24, 2.45) is 11.8 Å². The second kappa shape index (κ2) is 3.53. The molecule has 4 heteroatoms. The molecule has 4 nitrogen and oxygen atoms in total. The van der Waals surface area contributed by atoms with E-state index in [-0.39, 0.29) is 6.29 Å². The highest BCUT2D eigenvalue weighted by atomic mass is 15.3. The Balaban J connectivity index is 1.97. The molecule has 0 bridgehead atoms. The highest BCUT2D eigenvalue weighted by Crippen LogP contribution is 2.38. The Labute approximate surface area is 79.8 Å². The van der Waals surface area contributed by atoms with Crippen LogP contribution in [-0.4, -0.2) is 39.0 Å². The normalized spacial score (nSPS) is 49.6. The number of nitrogens with one attached hydrogen (secondary N) is 4. The Hall–Kier alpha value is -0.160. The molecule has 0 aromatic heterocycles. The van der Waals surface area contributed by atoms with E-state index in [2.05, 4.69) is 35.2 Å². The minimum Gasteiger partial charge on any atom is -0.315 e. The molecule has 1 saturated heterocycles. The summed E-state index contributed by atoms with van der Waals surface area (Å²) in [6.45, 7) is 3.42. The number of rotatable bonds is 2. The zero-order valence-electron chi connectivity index (χ0n) is 8.59. The number of hydrogen-bond acceptors (Lipinski definition) is 4. The summed E-state index contributed by atoms with van der Waals surface area (Å²) in [5, 5.41) is 13.6. The summed E-state index contributed by atoms with van der Waals surface area (Å²) < 4.78 is 0. The molecule has 4 N–H and O–H groups in total. The lowest BCUT2D eigenvalue weighted by Crippen LogP contribution is -2.52. The van der Waals surface area contributed by atoms with Crippen LogP contribution in [0.25, 0.3) is 0 Å². The van der Waals surface area contributed by atoms with Gasteiger partial charge in [-0.15, -0.1) is 0 Å². The zero-order chi connectivity index (χ0) is 9.42. The Bertz CT molecular complexity index is 180. The molecule has 0 aromatic rings. The first-order valence-electron chi connectivity index (χ1n) is 5.12. The van der Waals surface area contributed by atoms with Gasteiger partial charge in [0.15, 0.2) is 0 Å². The van der Waals surface area contributed by atoms with Gasteiger partial charge in [0, 0.05) is 18.6 Å². The van der Waals surface area contributed by atoms with Crippen molar-refractivity contribution >= 4 is 0 Å². The van der Waals surface area contributed by atoms with E-state index < -0.39 is 0 Å². The molecule has 1 heterocycles. The molecule has 1 saturated carbocycles. The molecule has 2 fully saturated rings. The number of fused-ring (bicyclic) bond motifs is 1. The van der Waals surface area contributed by atoms with Crippen LogP contribution in [0.15, 0.2) is 0 Å². The van der Waals surface area contributed by atoms with Gasteiger partial charge < -0.3 is 5.32 Å². The second-order valence-corrected chi connectivity index (χ2v) is 4.19. The third kappa shape index (κ3) is 1.59. The van der Waals surface area contributed by atoms with E-state index in [1.807, 2.05) is 7.05 Å². The monoisotopic (exact) mass is 184 g/mol. The second-order valence-electron chi connectivity index (χ2n) is 4.19. The van der Waals surface area contributed by atoms with E-state index in [1.54, 1.807) is 0 Å². The maximum atomic E-state index is 3.55. The van der Waals surface area contributed by atoms with Gasteiger partial charge >= 0.3 is 0 Å². The molecule has 0 aromatic carbocycles. The molecule has 13 heavy (non-hydrogen) atoms. The predicted octanol–water partition coefficient (Wildman–Crippen LogP) is -1.10. The Morgan fingerprint density at radius 2 is 2.00 bits per heavy atom. The third-order valence-electron chi connectivity index (χ3n) is 3.36. The van der Waals surface area contributed by atoms with Crippen LogP contribution in [0.3, 0.4) is 0 Å². The average Bonchev–Trinajstić information content (AvgIpc) is 2.85. The lowest BCUT2D eigenvalue weighted by molar-refractivity contribution is 0.367. The van der Waals surface area contributed by atoms with Crippen molar-refractivity contribution < 1.29 is 0 Å². The molecule has 1 aliphatic carbocycles. The average molecular weight is 184 g/mol. The highest BCUT2D eigenvalue weighted by molar-refractivity contribution is 5.12. The number of likely N-dealkylation sites (N-methyl/N-ethyl adjacent to an activating group) is 1. The first-order valence-corrected chi connectivity index (χ1v) is 5.12. The maximum absolute atomic E-state index is 3.55. The topological polar surface area (TPSA) is 48.1 Å². The van der Waals surface area contributed by atoms with Crippen molar-refractivity contribution in [3.8, 4) is 0 Å². The van der Waals surface area contributed by atoms with Gasteiger partial charge in [-0.25, -0.2) is 0 Å². The maximum Gasteiger partial charge on any atom is 0.111 e. The van der Waals surface area contributed by atoms with E-state index >= 15 is 0 Å². The van der Waals surface area contributed by atoms with Gasteiger partial charge in [0.2, 0.25) is 0 Å². The smallest absolute Gasteiger partial charge is 0.111 e. The molecule has 0 amide bonds. The quantitative estimate of drug-likeness (QED) is 0.440. The first-order chi connectivity index (χ1) is 6.27. The van der Waals surface area contributed by atoms with Crippen LogP contribution in [0.1, 0.15) is 6.92 Å². The molecule has 5 atom stereocenters. The van der Waals surface area contributed by atoms with Crippen molar-refractivity contribution in [3.05, 3.63) is 0 Å². The minimum absolute atomic E-state index is 0.274. The fourth-order valence-corrected chi connectivity index (χ4v) is 2.51. The zero-order valence-corrected chi connectivity index (χ0v) is 8.59. The van der Waals surface area contributed by atoms with Gasteiger partial charge in [-0.1, -0.05) is 6.92 Å². The molecule has 76 valence electrons. The molecule has 0 spiro atoms. The molecule has 1 unspecified atom stereocenters. The molecular formula is C9H20N4. The summed E-state index contributed by atoms with van der Waals surface area (Å²) in [6.07, 6.45) is 0.274. The van der Waals surface area contributed by atoms with Crippen molar-refractivity contribution in [1.82, 2.24) is 21.3 Å². The molecule has 0 radical (unpaired) electrons. The minimum atomic E-state index is 0.274. The van der Waals surface area contributed by atoms with Crippen LogP contribution in [0.2, 0.25) is 0 Å². The third-order valence-corrected chi connectivity index (χ3v) is 3.36. The SMILES string of the molecule is CN[C@H]1NC[C@@H](C)[C@@H]2C(N1)[C@@H]2NC. The van der Waals surface area contributed by atoms with Gasteiger partial charge in [0.05, 0.1) is 0 Å². The highest BCUT2D eigenvalue weighted by Gasteiger charge is 2.53. The molecule has 2 rings (SSSR count). The van der Waals surface area contributed by atoms with E-state index in [4.69, 9.17) is 0 Å². The van der Waals surface area contributed by atoms with Crippen molar-refractivity contribution in [2.75, 3.05) is 20.6 Å². The van der Waals surface area contributed by atoms with Crippen molar-refractivity contribution in [2.45, 2.75) is 25.3 Å². The lowest BCUT2D eigenvalue weighted by atomic mass is 10.1. The van der Waals surface area contributed by atoms with E-state index in [9.17, 15) is 0 Å². The van der Waals surface area contributed by atoms with E-state index in [0.717, 1.165) is 18.4 Å². The van der Waals surface area contributed by atoms with E-state index in [0.29, 0.717) is 12.1 Å². The molecule has 2 aliphatic rings. The largest absolute Gasteiger partial charge is 0.315 e. The standard InChI is InChI=1S/C9H20N4/c1-5-4-12-9(11-3)13-8-6(5)7(8)10-2/h5-13H,4H2,1-3H3/t5-,6+,7-,8?,9+/m1/s1. The van der Waals surface area contributed by atoms with E-state index in [1.165, 1.54) is 0 Å². The Morgan fingerprint density at radius 3 is 2.62 bits per heavy atom. The summed E-state index contributed by atoms with van der Waals surface area (Å²) in [5.74, 6) is 1.56. The van der Waals surface area contributed by atoms with Crippen LogP contribution in [0.4, 0.5) is 0 Å². The summed E-state index contributed by atoms with van der Waals surface area (Å²) in [6, 6.07) is 1.32. The van der Waals surface area contributed by atoms with Crippen LogP contribution in [0.5, 0.6) is 0 Å². The van der Waals surface area contributed by atoms with Crippen LogP contribution in [-0.2, 0) is 0 Å². The van der Waals surface area contributed by atoms with Gasteiger partial charge in [-0.2, -0.15) is 0 Å². The predicted molar refractivity (Wildman–Crippen MR) is 53.3 cm³/mol. The van der Waals surface area contributed by atoms with Gasteiger partial charge in [-0.3, -0.25) is 16.0 Å². The van der Waals surface area contributed by atoms with Crippen molar-refractivity contribution in [3.63, 3.8) is 0 Å². The fourth-order valence-electron chi connectivity index (χ4n) is 2.51. The molecular weight excluding hydrogens is 164 g/mol. The van der Waals surface area contributed by atoms with Gasteiger partial charge in [0.1, 0.15) is 6.29 Å². The van der Waals surface area contributed by atoms with Crippen molar-refractivity contribution in [1.29, 1.82) is 0 Å². The fraction of sp³-hybridized carbons (Fsp3) is 1.00. The van der Waals surface area contributed by atoms with Crippen LogP contribution < -0.4 is 21.3 Å². The van der Waals surface area contributed by atoms with Crippen LogP contribution >= 0.6 is 0 Å². The first kappa shape index (κ1) is 9.40. The summed E-state index contributed by atoms with van der Waals surface area (Å²) >= 11 is 0. The Morgan fingerprint density at radius 1 is 1.23 bits per heavy atom. The molecule has 1 aliphatic heterocycles. The van der Waals surface area contributed by atoms with Gasteiger partial charge in [-0.05, 0) is 25.9 Å². The lowest BCUT2D eigenvalue weighted by Gasteiger charge is -2.19. The summed E-state index contributed by atoms with van der Waals surface area (Å²) in [4.78, 5) is 0. The summed E-state index contributed by atoms with van der Waals surface area (Å²) in [5.41, 5.74) is 0. The Kier molecular flexibility index (Phi) is 2.55. The number of hydrogen-bond donors (Lipinski definition) is 4. The van der Waals surface area contributed by atoms with Gasteiger partial charge in [0.25, 0.3) is 0 Å². The van der Waals surface area contributed by atoms with Crippen LogP contribution in [0, 0.1) is 11.8 Å². The summed E-state index contributed by atoms with van der Waals surface area (Å²) in [7, 11) is 4.03.